The Labute approximate surface area is 84.7 Å². The Bertz CT molecular complexity index is 249. The monoisotopic (exact) mass is 198 g/mol. The summed E-state index contributed by atoms with van der Waals surface area (Å²) in [5, 5.41) is 2.78. The van der Waals surface area contributed by atoms with Gasteiger partial charge in [0.25, 0.3) is 0 Å². The first-order valence-electron chi connectivity index (χ1n) is 5.04. The molecule has 14 heavy (non-hydrogen) atoms. The number of hydrogen-bond acceptors (Lipinski definition) is 3. The number of ether oxygens (including phenoxy) is 1. The van der Waals surface area contributed by atoms with Gasteiger partial charge in [-0.25, -0.2) is 0 Å². The normalized spacial score (nSPS) is 22.1. The zero-order valence-electron chi connectivity index (χ0n) is 9.26. The fourth-order valence-corrected chi connectivity index (χ4v) is 1.71. The van der Waals surface area contributed by atoms with Crippen molar-refractivity contribution < 1.29 is 9.53 Å². The maximum absolute atomic E-state index is 11.3. The quantitative estimate of drug-likeness (QED) is 0.735. The number of methoxy groups -OCH3 is 1. The fraction of sp³-hybridized carbons (Fsp3) is 0.800. The number of nitrogens with zero attached hydrogens (tertiary/aromatic N) is 1. The summed E-state index contributed by atoms with van der Waals surface area (Å²) in [6.07, 6.45) is 1.62. The summed E-state index contributed by atoms with van der Waals surface area (Å²) in [5.74, 6) is 0.644. The first kappa shape index (κ1) is 11.2. The van der Waals surface area contributed by atoms with Crippen molar-refractivity contribution in [3.63, 3.8) is 0 Å². The van der Waals surface area contributed by atoms with Gasteiger partial charge in [-0.05, 0) is 19.8 Å². The minimum Gasteiger partial charge on any atom is -0.370 e. The molecule has 1 amide bonds. The molecule has 0 aliphatic carbocycles. The van der Waals surface area contributed by atoms with Gasteiger partial charge in [0.2, 0.25) is 5.91 Å². The van der Waals surface area contributed by atoms with Crippen LogP contribution in [0, 0.1) is 0 Å². The van der Waals surface area contributed by atoms with Crippen LogP contribution >= 0.6 is 0 Å². The van der Waals surface area contributed by atoms with Crippen molar-refractivity contribution in [2.75, 3.05) is 7.11 Å². The maximum atomic E-state index is 11.3. The lowest BCUT2D eigenvalue weighted by atomic mass is 9.95. The molecule has 0 bridgehead atoms. The molecule has 0 aromatic heterocycles. The highest BCUT2D eigenvalue weighted by Gasteiger charge is 2.38. The summed E-state index contributed by atoms with van der Waals surface area (Å²) < 4.78 is 5.47. The average molecular weight is 198 g/mol. The molecule has 1 aliphatic rings. The lowest BCUT2D eigenvalue weighted by Gasteiger charge is -2.29. The maximum Gasteiger partial charge on any atom is 0.249 e. The summed E-state index contributed by atoms with van der Waals surface area (Å²) in [7, 11) is 1.66. The van der Waals surface area contributed by atoms with Crippen molar-refractivity contribution in [1.82, 2.24) is 5.32 Å². The summed E-state index contributed by atoms with van der Waals surface area (Å²) in [4.78, 5) is 15.6. The predicted molar refractivity (Wildman–Crippen MR) is 55.4 cm³/mol. The van der Waals surface area contributed by atoms with E-state index in [2.05, 4.69) is 10.3 Å². The van der Waals surface area contributed by atoms with E-state index in [1.165, 1.54) is 0 Å². The Hall–Kier alpha value is -0.900. The van der Waals surface area contributed by atoms with Gasteiger partial charge in [0.15, 0.2) is 0 Å². The summed E-state index contributed by atoms with van der Waals surface area (Å²) in [5.41, 5.74) is -0.416. The first-order chi connectivity index (χ1) is 6.59. The van der Waals surface area contributed by atoms with E-state index in [1.807, 2.05) is 13.8 Å². The van der Waals surface area contributed by atoms with Crippen LogP contribution in [0.25, 0.3) is 0 Å². The molecule has 1 N–H and O–H groups in total. The lowest BCUT2D eigenvalue weighted by molar-refractivity contribution is -0.119. The van der Waals surface area contributed by atoms with Gasteiger partial charge in [-0.15, -0.1) is 0 Å². The number of rotatable bonds is 4. The second kappa shape index (κ2) is 4.09. The number of amides is 1. The molecule has 0 saturated heterocycles. The van der Waals surface area contributed by atoms with Crippen LogP contribution in [0.3, 0.4) is 0 Å². The van der Waals surface area contributed by atoms with E-state index in [-0.39, 0.29) is 11.9 Å². The zero-order valence-corrected chi connectivity index (χ0v) is 9.26. The molecule has 0 saturated carbocycles. The van der Waals surface area contributed by atoms with Crippen molar-refractivity contribution in [2.24, 2.45) is 4.99 Å². The minimum atomic E-state index is -0.416. The predicted octanol–water partition coefficient (Wildman–Crippen LogP) is 1.11. The van der Waals surface area contributed by atoms with E-state index in [0.29, 0.717) is 5.84 Å². The molecular weight excluding hydrogens is 180 g/mol. The Morgan fingerprint density at radius 3 is 2.36 bits per heavy atom. The summed E-state index contributed by atoms with van der Waals surface area (Å²) in [6.45, 7) is 5.85. The molecule has 0 spiro atoms. The van der Waals surface area contributed by atoms with E-state index in [4.69, 9.17) is 4.74 Å². The molecule has 1 rings (SSSR count). The van der Waals surface area contributed by atoms with Gasteiger partial charge in [0.1, 0.15) is 17.5 Å². The standard InChI is InChI=1S/C10H18N2O2/c1-5-10(6-2,14-4)9-11-7(3)8(13)12-9/h7H,5-6H2,1-4H3,(H,11,12,13). The third kappa shape index (κ3) is 1.66. The smallest absolute Gasteiger partial charge is 0.249 e. The van der Waals surface area contributed by atoms with Gasteiger partial charge in [0.05, 0.1) is 0 Å². The molecule has 4 heteroatoms. The van der Waals surface area contributed by atoms with Gasteiger partial charge in [-0.2, -0.15) is 0 Å². The van der Waals surface area contributed by atoms with Crippen LogP contribution in [0.4, 0.5) is 0 Å². The van der Waals surface area contributed by atoms with Crippen LogP contribution in [-0.2, 0) is 9.53 Å². The molecule has 0 fully saturated rings. The van der Waals surface area contributed by atoms with Gasteiger partial charge in [-0.3, -0.25) is 9.79 Å². The highest BCUT2D eigenvalue weighted by atomic mass is 16.5. The average Bonchev–Trinajstić information content (AvgIpc) is 2.51. The number of amidine groups is 1. The van der Waals surface area contributed by atoms with Crippen LogP contribution in [-0.4, -0.2) is 30.5 Å². The molecule has 1 aliphatic heterocycles. The third-order valence-electron chi connectivity index (χ3n) is 2.91. The fourth-order valence-electron chi connectivity index (χ4n) is 1.71. The molecule has 1 unspecified atom stereocenters. The second-order valence-corrected chi connectivity index (χ2v) is 3.55. The van der Waals surface area contributed by atoms with Crippen molar-refractivity contribution in [3.8, 4) is 0 Å². The number of nitrogens with one attached hydrogen (secondary N) is 1. The van der Waals surface area contributed by atoms with Crippen molar-refractivity contribution >= 4 is 11.7 Å². The first-order valence-corrected chi connectivity index (χ1v) is 5.04. The Morgan fingerprint density at radius 2 is 2.07 bits per heavy atom. The van der Waals surface area contributed by atoms with Crippen LogP contribution in [0.15, 0.2) is 4.99 Å². The van der Waals surface area contributed by atoms with Crippen molar-refractivity contribution in [1.29, 1.82) is 0 Å². The van der Waals surface area contributed by atoms with E-state index < -0.39 is 5.60 Å². The minimum absolute atomic E-state index is 0.0386. The number of carbonyl (C=O) groups is 1. The Morgan fingerprint density at radius 1 is 1.50 bits per heavy atom. The SMILES string of the molecule is CCC(CC)(OC)C1=NC(C)C(=O)N1. The topological polar surface area (TPSA) is 50.7 Å². The Kier molecular flexibility index (Phi) is 3.26. The van der Waals surface area contributed by atoms with E-state index in [0.717, 1.165) is 12.8 Å². The van der Waals surface area contributed by atoms with Crippen LogP contribution in [0.2, 0.25) is 0 Å². The highest BCUT2D eigenvalue weighted by molar-refractivity contribution is 6.09. The molecule has 0 radical (unpaired) electrons. The highest BCUT2D eigenvalue weighted by Crippen LogP contribution is 2.23. The number of carbonyl (C=O) groups excluding carboxylic acids is 1. The molecule has 4 nitrogen and oxygen atoms in total. The number of hydrogen-bond donors (Lipinski definition) is 1. The molecule has 1 atom stereocenters. The molecule has 0 aromatic rings. The van der Waals surface area contributed by atoms with Crippen LogP contribution in [0.1, 0.15) is 33.6 Å². The van der Waals surface area contributed by atoms with Crippen LogP contribution < -0.4 is 5.32 Å². The number of aliphatic imine (C=N–C) groups is 1. The van der Waals surface area contributed by atoms with E-state index >= 15 is 0 Å². The van der Waals surface area contributed by atoms with Gasteiger partial charge < -0.3 is 10.1 Å². The van der Waals surface area contributed by atoms with Gasteiger partial charge in [-0.1, -0.05) is 13.8 Å². The third-order valence-corrected chi connectivity index (χ3v) is 2.91. The van der Waals surface area contributed by atoms with Crippen LogP contribution in [0.5, 0.6) is 0 Å². The van der Waals surface area contributed by atoms with Crippen molar-refractivity contribution in [3.05, 3.63) is 0 Å². The largest absolute Gasteiger partial charge is 0.370 e. The van der Waals surface area contributed by atoms with Gasteiger partial charge >= 0.3 is 0 Å². The molecule has 1 heterocycles. The van der Waals surface area contributed by atoms with Gasteiger partial charge in [0, 0.05) is 7.11 Å². The van der Waals surface area contributed by atoms with E-state index in [9.17, 15) is 4.79 Å². The molecular formula is C10H18N2O2. The summed E-state index contributed by atoms with van der Waals surface area (Å²) in [6, 6.07) is -0.280. The van der Waals surface area contributed by atoms with Crippen molar-refractivity contribution in [2.45, 2.75) is 45.3 Å². The molecule has 0 aromatic carbocycles. The Balaban J connectivity index is 2.91. The second-order valence-electron chi connectivity index (χ2n) is 3.55. The lowest BCUT2D eigenvalue weighted by Crippen LogP contribution is -2.46. The molecule has 80 valence electrons. The zero-order chi connectivity index (χ0) is 10.8. The summed E-state index contributed by atoms with van der Waals surface area (Å²) >= 11 is 0. The van der Waals surface area contributed by atoms with E-state index in [1.54, 1.807) is 14.0 Å².